The van der Waals surface area contributed by atoms with E-state index in [1.54, 1.807) is 0 Å². The highest BCUT2D eigenvalue weighted by atomic mass is 13.4. The molecule has 29 heavy (non-hydrogen) atoms. The van der Waals surface area contributed by atoms with Crippen molar-refractivity contribution in [3.63, 3.8) is 0 Å². The van der Waals surface area contributed by atoms with Gasteiger partial charge in [-0.2, -0.15) is 0 Å². The van der Waals surface area contributed by atoms with Crippen LogP contribution in [0.5, 0.6) is 0 Å². The molecule has 0 aliphatic carbocycles. The van der Waals surface area contributed by atoms with E-state index in [0.29, 0.717) is 0 Å². The Morgan fingerprint density at radius 2 is 0.172 bits per heavy atom. The maximum Gasteiger partial charge on any atom is -0.0590 e. The van der Waals surface area contributed by atoms with E-state index in [0.717, 1.165) is 0 Å². The molecule has 0 aromatic heterocycles. The van der Waals surface area contributed by atoms with Crippen molar-refractivity contribution in [1.29, 1.82) is 0 Å². The molecule has 0 radical (unpaired) electrons. The van der Waals surface area contributed by atoms with Crippen molar-refractivity contribution in [1.82, 2.24) is 0 Å². The van der Waals surface area contributed by atoms with Crippen LogP contribution >= 0.6 is 0 Å². The van der Waals surface area contributed by atoms with Crippen LogP contribution in [0.25, 0.3) is 0 Å². The summed E-state index contributed by atoms with van der Waals surface area (Å²) in [4.78, 5) is 0. The Balaban J connectivity index is -0.00000000874. The zero-order chi connectivity index (χ0) is 28.1. The molecule has 0 aromatic carbocycles. The van der Waals surface area contributed by atoms with Crippen LogP contribution < -0.4 is 0 Å². The molecule has 0 unspecified atom stereocenters. The molecule has 0 spiro atoms. The van der Waals surface area contributed by atoms with Gasteiger partial charge in [0.25, 0.3) is 0 Å². The second-order valence-electron chi connectivity index (χ2n) is 2.12. The van der Waals surface area contributed by atoms with Crippen molar-refractivity contribution in [2.45, 2.75) is 199 Å². The minimum atomic E-state index is 1.25. The van der Waals surface area contributed by atoms with Gasteiger partial charge in [-0.25, -0.2) is 0 Å². The van der Waals surface area contributed by atoms with Gasteiger partial charge in [0.1, 0.15) is 0 Å². The first kappa shape index (κ1) is 88.8. The SMILES string of the molecule is CC.CC.CC.CC.CC.CC.CC.CC.CC.CC.CCC.CCC.CCC. The predicted molar refractivity (Wildman–Crippen MR) is 161 cm³/mol. The zero-order valence-electron chi connectivity index (χ0n) is 28.1. The van der Waals surface area contributed by atoms with E-state index in [2.05, 4.69) is 41.5 Å². The fourth-order valence-electron chi connectivity index (χ4n) is 0. The summed E-state index contributed by atoms with van der Waals surface area (Å²) < 4.78 is 0. The maximum absolute atomic E-state index is 2.12. The van der Waals surface area contributed by atoms with Crippen LogP contribution in [0.15, 0.2) is 0 Å². The van der Waals surface area contributed by atoms with E-state index in [9.17, 15) is 0 Å². The molecule has 0 aromatic rings. The Kier molecular flexibility index (Phi) is 6950. The molecule has 0 amide bonds. The summed E-state index contributed by atoms with van der Waals surface area (Å²) >= 11 is 0. The second-order valence-corrected chi connectivity index (χ2v) is 2.12. The third-order valence-corrected chi connectivity index (χ3v) is 0. The van der Waals surface area contributed by atoms with Crippen LogP contribution in [0.2, 0.25) is 0 Å². The van der Waals surface area contributed by atoms with Gasteiger partial charge in [0.15, 0.2) is 0 Å². The van der Waals surface area contributed by atoms with Gasteiger partial charge in [-0.15, -0.1) is 0 Å². The van der Waals surface area contributed by atoms with Gasteiger partial charge in [-0.3, -0.25) is 0 Å². The molecule has 0 bridgehead atoms. The van der Waals surface area contributed by atoms with E-state index >= 15 is 0 Å². The molecule has 200 valence electrons. The van der Waals surface area contributed by atoms with Crippen LogP contribution in [0, 0.1) is 0 Å². The molecule has 0 aliphatic heterocycles. The van der Waals surface area contributed by atoms with Crippen LogP contribution in [0.4, 0.5) is 0 Å². The zero-order valence-corrected chi connectivity index (χ0v) is 28.1. The molecule has 0 aliphatic rings. The highest BCUT2D eigenvalue weighted by molar-refractivity contribution is 3.92. The van der Waals surface area contributed by atoms with Gasteiger partial charge in [-0.1, -0.05) is 199 Å². The lowest BCUT2D eigenvalue weighted by molar-refractivity contribution is 1.09. The lowest BCUT2D eigenvalue weighted by Gasteiger charge is -1.48. The lowest BCUT2D eigenvalue weighted by Crippen LogP contribution is -1.27. The second kappa shape index (κ2) is 2270. The molecule has 0 saturated carbocycles. The number of hydrogen-bond donors (Lipinski definition) is 0. The Morgan fingerprint density at radius 1 is 0.172 bits per heavy atom. The minimum Gasteiger partial charge on any atom is -0.0683 e. The first-order chi connectivity index (χ1) is 14.2. The summed E-state index contributed by atoms with van der Waals surface area (Å²) in [6, 6.07) is 0. The summed E-state index contributed by atoms with van der Waals surface area (Å²) in [6.45, 7) is 52.8. The summed E-state index contributed by atoms with van der Waals surface area (Å²) in [7, 11) is 0. The Bertz CT molecular complexity index is 4.75. The molecular weight excluding hydrogens is 348 g/mol. The van der Waals surface area contributed by atoms with Crippen molar-refractivity contribution in [3.05, 3.63) is 0 Å². The van der Waals surface area contributed by atoms with Crippen LogP contribution in [-0.2, 0) is 0 Å². The molecule has 0 atom stereocenters. The van der Waals surface area contributed by atoms with E-state index in [1.165, 1.54) is 19.3 Å². The summed E-state index contributed by atoms with van der Waals surface area (Å²) in [5.74, 6) is 0. The van der Waals surface area contributed by atoms with Crippen molar-refractivity contribution in [2.75, 3.05) is 0 Å². The molecular formula is C29H84. The monoisotopic (exact) mass is 433 g/mol. The quantitative estimate of drug-likeness (QED) is 0.357. The van der Waals surface area contributed by atoms with Crippen molar-refractivity contribution < 1.29 is 0 Å². The lowest BCUT2D eigenvalue weighted by atomic mass is 10.6. The molecule has 0 saturated heterocycles. The third-order valence-electron chi connectivity index (χ3n) is 0. The van der Waals surface area contributed by atoms with Gasteiger partial charge >= 0.3 is 0 Å². The Hall–Kier alpha value is 0. The standard InChI is InChI=1S/3C3H8.10C2H6/c3*1-3-2;10*1-2/h3*3H2,1-2H3;10*1-2H3. The molecule has 0 rings (SSSR count). The van der Waals surface area contributed by atoms with E-state index in [4.69, 9.17) is 0 Å². The van der Waals surface area contributed by atoms with Crippen molar-refractivity contribution in [3.8, 4) is 0 Å². The first-order valence-electron chi connectivity index (χ1n) is 14.2. The topological polar surface area (TPSA) is 0 Å². The maximum atomic E-state index is 2.12. The predicted octanol–water partition coefficient (Wildman–Crippen LogP) is 14.5. The summed E-state index contributed by atoms with van der Waals surface area (Å²) in [5, 5.41) is 0. The average Bonchev–Trinajstić information content (AvgIpc) is 2.88. The highest BCUT2D eigenvalue weighted by Crippen LogP contribution is 1.57. The Morgan fingerprint density at radius 3 is 0.172 bits per heavy atom. The first-order valence-corrected chi connectivity index (χ1v) is 14.2. The molecule has 0 nitrogen and oxygen atoms in total. The van der Waals surface area contributed by atoms with Crippen LogP contribution in [0.3, 0.4) is 0 Å². The van der Waals surface area contributed by atoms with Gasteiger partial charge in [-0.05, 0) is 0 Å². The van der Waals surface area contributed by atoms with Crippen molar-refractivity contribution in [2.24, 2.45) is 0 Å². The minimum absolute atomic E-state index is 1.25. The summed E-state index contributed by atoms with van der Waals surface area (Å²) in [6.07, 6.45) is 3.75. The fourth-order valence-corrected chi connectivity index (χ4v) is 0. The normalized spacial score (nSPS) is 3.93. The molecule has 0 fully saturated rings. The third kappa shape index (κ3) is 0. The highest BCUT2D eigenvalue weighted by Gasteiger charge is 1.36. The van der Waals surface area contributed by atoms with Gasteiger partial charge in [0.2, 0.25) is 0 Å². The fraction of sp³-hybridized carbons (Fsp3) is 1.00. The molecule has 0 heterocycles. The van der Waals surface area contributed by atoms with E-state index < -0.39 is 0 Å². The van der Waals surface area contributed by atoms with Crippen molar-refractivity contribution >= 4 is 0 Å². The van der Waals surface area contributed by atoms with Gasteiger partial charge in [0, 0.05) is 0 Å². The smallest absolute Gasteiger partial charge is 0.0590 e. The van der Waals surface area contributed by atoms with E-state index in [1.807, 2.05) is 138 Å². The Labute approximate surface area is 199 Å². The van der Waals surface area contributed by atoms with Gasteiger partial charge in [0.05, 0.1) is 0 Å². The average molecular weight is 433 g/mol. The number of rotatable bonds is 0. The summed E-state index contributed by atoms with van der Waals surface area (Å²) in [5.41, 5.74) is 0. The molecule has 0 N–H and O–H groups in total. The largest absolute Gasteiger partial charge is 0.0683 e. The number of hydrogen-bond acceptors (Lipinski definition) is 0. The molecule has 0 heteroatoms. The van der Waals surface area contributed by atoms with E-state index in [-0.39, 0.29) is 0 Å². The van der Waals surface area contributed by atoms with Crippen LogP contribution in [0.1, 0.15) is 199 Å². The van der Waals surface area contributed by atoms with Gasteiger partial charge < -0.3 is 0 Å². The van der Waals surface area contributed by atoms with Crippen LogP contribution in [-0.4, -0.2) is 0 Å².